The highest BCUT2D eigenvalue weighted by molar-refractivity contribution is 7.92. The van der Waals surface area contributed by atoms with E-state index >= 15 is 0 Å². The summed E-state index contributed by atoms with van der Waals surface area (Å²) < 4.78 is 38.3. The van der Waals surface area contributed by atoms with Gasteiger partial charge < -0.3 is 15.2 Å². The van der Waals surface area contributed by atoms with E-state index in [1.54, 1.807) is 24.3 Å². The second-order valence-corrected chi connectivity index (χ2v) is 7.45. The first-order valence-electron chi connectivity index (χ1n) is 8.29. The number of benzene rings is 3. The molecule has 144 valence electrons. The van der Waals surface area contributed by atoms with Crippen molar-refractivity contribution in [3.63, 3.8) is 0 Å². The van der Waals surface area contributed by atoms with Crippen molar-refractivity contribution < 1.29 is 22.7 Å². The van der Waals surface area contributed by atoms with Crippen LogP contribution in [0.15, 0.2) is 83.8 Å². The van der Waals surface area contributed by atoms with Crippen LogP contribution in [0.2, 0.25) is 0 Å². The number of sulfonamides is 1. The molecule has 0 aromatic heterocycles. The van der Waals surface area contributed by atoms with E-state index in [0.717, 1.165) is 0 Å². The molecule has 0 aliphatic carbocycles. The van der Waals surface area contributed by atoms with Gasteiger partial charge >= 0.3 is 0 Å². The maximum atomic E-state index is 12.5. The molecule has 0 atom stereocenters. The molecule has 0 aliphatic heterocycles. The van der Waals surface area contributed by atoms with Crippen LogP contribution in [0.4, 0.5) is 5.69 Å². The molecule has 3 aromatic rings. The Morgan fingerprint density at radius 3 is 2.00 bits per heavy atom. The molecule has 7 nitrogen and oxygen atoms in total. The Morgan fingerprint density at radius 2 is 1.39 bits per heavy atom. The molecule has 0 radical (unpaired) electrons. The summed E-state index contributed by atoms with van der Waals surface area (Å²) in [5.74, 6) is 1.01. The number of primary amides is 1. The van der Waals surface area contributed by atoms with Crippen LogP contribution >= 0.6 is 0 Å². The zero-order valence-electron chi connectivity index (χ0n) is 14.7. The van der Waals surface area contributed by atoms with E-state index in [0.29, 0.717) is 22.9 Å². The lowest BCUT2D eigenvalue weighted by Crippen LogP contribution is -2.20. The van der Waals surface area contributed by atoms with E-state index in [1.165, 1.54) is 24.3 Å². The molecule has 3 N–H and O–H groups in total. The summed E-state index contributed by atoms with van der Waals surface area (Å²) in [7, 11) is -3.77. The Kier molecular flexibility index (Phi) is 5.81. The molecule has 0 saturated heterocycles. The lowest BCUT2D eigenvalue weighted by Gasteiger charge is -2.10. The van der Waals surface area contributed by atoms with Crippen molar-refractivity contribution >= 4 is 21.6 Å². The quantitative estimate of drug-likeness (QED) is 0.606. The van der Waals surface area contributed by atoms with Crippen LogP contribution in [0, 0.1) is 0 Å². The number of ether oxygens (including phenoxy) is 2. The fraction of sp³-hybridized carbons (Fsp3) is 0.0500. The van der Waals surface area contributed by atoms with E-state index in [-0.39, 0.29) is 11.5 Å². The number of nitrogens with two attached hydrogens (primary N) is 1. The van der Waals surface area contributed by atoms with Crippen molar-refractivity contribution in [1.82, 2.24) is 0 Å². The van der Waals surface area contributed by atoms with Gasteiger partial charge in [-0.05, 0) is 60.7 Å². The third-order valence-corrected chi connectivity index (χ3v) is 5.00. The maximum absolute atomic E-state index is 12.5. The number of carbonyl (C=O) groups excluding carboxylic acids is 1. The van der Waals surface area contributed by atoms with Crippen molar-refractivity contribution in [2.45, 2.75) is 4.90 Å². The van der Waals surface area contributed by atoms with E-state index < -0.39 is 15.9 Å². The Bertz CT molecular complexity index is 1030. The Balaban J connectivity index is 1.65. The summed E-state index contributed by atoms with van der Waals surface area (Å²) in [6.07, 6.45) is 0. The average molecular weight is 398 g/mol. The minimum Gasteiger partial charge on any atom is -0.484 e. The van der Waals surface area contributed by atoms with E-state index in [2.05, 4.69) is 4.72 Å². The van der Waals surface area contributed by atoms with Gasteiger partial charge in [-0.2, -0.15) is 0 Å². The van der Waals surface area contributed by atoms with Gasteiger partial charge in [0.05, 0.1) is 4.90 Å². The lowest BCUT2D eigenvalue weighted by atomic mass is 10.3. The molecule has 0 aliphatic rings. The predicted octanol–water partition coefficient (Wildman–Crippen LogP) is 3.14. The summed E-state index contributed by atoms with van der Waals surface area (Å²) in [4.78, 5) is 10.8. The number of amides is 1. The summed E-state index contributed by atoms with van der Waals surface area (Å²) in [6, 6.07) is 21.5. The number of nitrogens with one attached hydrogen (secondary N) is 1. The number of anilines is 1. The van der Waals surface area contributed by atoms with Gasteiger partial charge in [-0.25, -0.2) is 8.42 Å². The summed E-state index contributed by atoms with van der Waals surface area (Å²) in [6.45, 7) is -0.276. The standard InChI is InChI=1S/C20H18N2O5S/c21-20(23)14-26-16-10-12-19(13-11-16)28(24,25)22-15-6-8-18(9-7-15)27-17-4-2-1-3-5-17/h1-13,22H,14H2,(H2,21,23). The molecule has 0 unspecified atom stereocenters. The van der Waals surface area contributed by atoms with E-state index in [4.69, 9.17) is 15.2 Å². The van der Waals surface area contributed by atoms with Gasteiger partial charge in [0.15, 0.2) is 6.61 Å². The second-order valence-electron chi connectivity index (χ2n) is 5.77. The minimum atomic E-state index is -3.77. The Hall–Kier alpha value is -3.52. The van der Waals surface area contributed by atoms with Crippen LogP contribution in [-0.2, 0) is 14.8 Å². The first-order chi connectivity index (χ1) is 13.4. The smallest absolute Gasteiger partial charge is 0.261 e. The van der Waals surface area contributed by atoms with Crippen molar-refractivity contribution in [1.29, 1.82) is 0 Å². The SMILES string of the molecule is NC(=O)COc1ccc(S(=O)(=O)Nc2ccc(Oc3ccccc3)cc2)cc1. The van der Waals surface area contributed by atoms with Crippen LogP contribution in [-0.4, -0.2) is 20.9 Å². The van der Waals surface area contributed by atoms with Crippen LogP contribution < -0.4 is 19.9 Å². The van der Waals surface area contributed by atoms with Gasteiger partial charge in [0.2, 0.25) is 0 Å². The van der Waals surface area contributed by atoms with Gasteiger partial charge in [-0.3, -0.25) is 9.52 Å². The Labute approximate surface area is 162 Å². The largest absolute Gasteiger partial charge is 0.484 e. The second kappa shape index (κ2) is 8.45. The summed E-state index contributed by atoms with van der Waals surface area (Å²) in [5, 5.41) is 0. The third-order valence-electron chi connectivity index (χ3n) is 3.60. The third kappa shape index (κ3) is 5.24. The molecule has 3 rings (SSSR count). The van der Waals surface area contributed by atoms with Crippen LogP contribution in [0.5, 0.6) is 17.2 Å². The zero-order chi connectivity index (χ0) is 20.0. The monoisotopic (exact) mass is 398 g/mol. The molecule has 3 aromatic carbocycles. The molecule has 0 spiro atoms. The zero-order valence-corrected chi connectivity index (χ0v) is 15.6. The lowest BCUT2D eigenvalue weighted by molar-refractivity contribution is -0.119. The highest BCUT2D eigenvalue weighted by Crippen LogP contribution is 2.24. The van der Waals surface area contributed by atoms with Gasteiger partial charge in [-0.1, -0.05) is 18.2 Å². The van der Waals surface area contributed by atoms with Crippen LogP contribution in [0.25, 0.3) is 0 Å². The average Bonchev–Trinajstić information content (AvgIpc) is 2.69. The van der Waals surface area contributed by atoms with Crippen LogP contribution in [0.1, 0.15) is 0 Å². The normalized spacial score (nSPS) is 10.9. The number of hydrogen-bond acceptors (Lipinski definition) is 5. The fourth-order valence-electron chi connectivity index (χ4n) is 2.30. The first-order valence-corrected chi connectivity index (χ1v) is 9.78. The molecule has 8 heteroatoms. The molecule has 1 amide bonds. The first kappa shape index (κ1) is 19.2. The molecule has 0 fully saturated rings. The van der Waals surface area contributed by atoms with Crippen molar-refractivity contribution in [3.8, 4) is 17.2 Å². The van der Waals surface area contributed by atoms with Crippen molar-refractivity contribution in [2.24, 2.45) is 5.73 Å². The molecular weight excluding hydrogens is 380 g/mol. The minimum absolute atomic E-state index is 0.0588. The van der Waals surface area contributed by atoms with Gasteiger partial charge in [0.25, 0.3) is 15.9 Å². The predicted molar refractivity (Wildman–Crippen MR) is 105 cm³/mol. The summed E-state index contributed by atoms with van der Waals surface area (Å²) >= 11 is 0. The number of carbonyl (C=O) groups is 1. The van der Waals surface area contributed by atoms with Crippen molar-refractivity contribution in [3.05, 3.63) is 78.9 Å². The van der Waals surface area contributed by atoms with E-state index in [9.17, 15) is 13.2 Å². The highest BCUT2D eigenvalue weighted by atomic mass is 32.2. The van der Waals surface area contributed by atoms with Crippen LogP contribution in [0.3, 0.4) is 0 Å². The number of rotatable bonds is 8. The molecule has 0 bridgehead atoms. The van der Waals surface area contributed by atoms with Gasteiger partial charge in [0.1, 0.15) is 17.2 Å². The molecule has 28 heavy (non-hydrogen) atoms. The van der Waals surface area contributed by atoms with E-state index in [1.807, 2.05) is 30.3 Å². The highest BCUT2D eigenvalue weighted by Gasteiger charge is 2.14. The summed E-state index contributed by atoms with van der Waals surface area (Å²) in [5.41, 5.74) is 5.40. The topological polar surface area (TPSA) is 108 Å². The molecule has 0 heterocycles. The molecular formula is C20H18N2O5S. The van der Waals surface area contributed by atoms with Gasteiger partial charge in [-0.15, -0.1) is 0 Å². The molecule has 0 saturated carbocycles. The fourth-order valence-corrected chi connectivity index (χ4v) is 3.36. The Morgan fingerprint density at radius 1 is 0.821 bits per heavy atom. The maximum Gasteiger partial charge on any atom is 0.261 e. The number of para-hydroxylation sites is 1. The van der Waals surface area contributed by atoms with Crippen molar-refractivity contribution in [2.75, 3.05) is 11.3 Å². The number of hydrogen-bond donors (Lipinski definition) is 2. The van der Waals surface area contributed by atoms with Gasteiger partial charge in [0, 0.05) is 5.69 Å².